The summed E-state index contributed by atoms with van der Waals surface area (Å²) in [5, 5.41) is 0.861. The lowest BCUT2D eigenvalue weighted by molar-refractivity contribution is -0.137. The molecule has 28 heavy (non-hydrogen) atoms. The SMILES string of the molecule is COc1ccc(/C=C/C(=O)OCCCc2c[nH]c3ccc(F)cc23)cc1OC. The van der Waals surface area contributed by atoms with Crippen molar-refractivity contribution in [2.45, 2.75) is 12.8 Å². The number of esters is 1. The Balaban J connectivity index is 1.49. The third-order valence-corrected chi connectivity index (χ3v) is 4.38. The lowest BCUT2D eigenvalue weighted by Gasteiger charge is -2.07. The molecule has 2 aromatic carbocycles. The molecule has 0 spiro atoms. The first-order valence-electron chi connectivity index (χ1n) is 8.93. The molecule has 0 aliphatic rings. The molecule has 0 unspecified atom stereocenters. The fourth-order valence-corrected chi connectivity index (χ4v) is 2.96. The molecular weight excluding hydrogens is 361 g/mol. The van der Waals surface area contributed by atoms with Crippen molar-refractivity contribution in [3.8, 4) is 11.5 Å². The van der Waals surface area contributed by atoms with Crippen molar-refractivity contribution in [3.63, 3.8) is 0 Å². The van der Waals surface area contributed by atoms with E-state index < -0.39 is 5.97 Å². The van der Waals surface area contributed by atoms with E-state index in [2.05, 4.69) is 4.98 Å². The topological polar surface area (TPSA) is 60.5 Å². The molecule has 3 rings (SSSR count). The molecule has 0 saturated heterocycles. The summed E-state index contributed by atoms with van der Waals surface area (Å²) in [6.45, 7) is 0.289. The molecule has 0 fully saturated rings. The Labute approximate surface area is 162 Å². The van der Waals surface area contributed by atoms with E-state index in [1.54, 1.807) is 38.5 Å². The highest BCUT2D eigenvalue weighted by molar-refractivity contribution is 5.87. The minimum Gasteiger partial charge on any atom is -0.493 e. The lowest BCUT2D eigenvalue weighted by Crippen LogP contribution is -2.03. The van der Waals surface area contributed by atoms with Gasteiger partial charge in [-0.3, -0.25) is 0 Å². The molecule has 0 radical (unpaired) electrons. The maximum absolute atomic E-state index is 13.4. The molecule has 1 N–H and O–H groups in total. The van der Waals surface area contributed by atoms with E-state index in [1.807, 2.05) is 12.3 Å². The van der Waals surface area contributed by atoms with Crippen LogP contribution in [0.2, 0.25) is 0 Å². The fraction of sp³-hybridized carbons (Fsp3) is 0.227. The van der Waals surface area contributed by atoms with Crippen molar-refractivity contribution >= 4 is 22.9 Å². The molecule has 0 amide bonds. The van der Waals surface area contributed by atoms with Gasteiger partial charge in [0.2, 0.25) is 0 Å². The predicted octanol–water partition coefficient (Wildman–Crippen LogP) is 4.51. The Morgan fingerprint density at radius 1 is 1.11 bits per heavy atom. The minimum atomic E-state index is -0.417. The Morgan fingerprint density at radius 2 is 1.93 bits per heavy atom. The molecule has 6 heteroatoms. The van der Waals surface area contributed by atoms with Crippen LogP contribution in [-0.2, 0) is 16.0 Å². The van der Waals surface area contributed by atoms with E-state index in [1.165, 1.54) is 18.2 Å². The van der Waals surface area contributed by atoms with Gasteiger partial charge in [0.05, 0.1) is 20.8 Å². The van der Waals surface area contributed by atoms with E-state index in [0.717, 1.165) is 22.0 Å². The average molecular weight is 383 g/mol. The summed E-state index contributed by atoms with van der Waals surface area (Å²) >= 11 is 0. The Morgan fingerprint density at radius 3 is 2.71 bits per heavy atom. The van der Waals surface area contributed by atoms with Gasteiger partial charge in [-0.15, -0.1) is 0 Å². The van der Waals surface area contributed by atoms with Crippen molar-refractivity contribution < 1.29 is 23.4 Å². The van der Waals surface area contributed by atoms with Crippen molar-refractivity contribution in [2.24, 2.45) is 0 Å². The van der Waals surface area contributed by atoms with Crippen LogP contribution in [0.25, 0.3) is 17.0 Å². The first-order valence-corrected chi connectivity index (χ1v) is 8.93. The lowest BCUT2D eigenvalue weighted by atomic mass is 10.1. The summed E-state index contributed by atoms with van der Waals surface area (Å²) < 4.78 is 29.0. The molecule has 5 nitrogen and oxygen atoms in total. The van der Waals surface area contributed by atoms with Crippen molar-refractivity contribution in [1.29, 1.82) is 0 Å². The molecule has 0 aliphatic carbocycles. The number of benzene rings is 2. The number of H-pyrrole nitrogens is 1. The maximum Gasteiger partial charge on any atom is 0.330 e. The van der Waals surface area contributed by atoms with Crippen LogP contribution < -0.4 is 9.47 Å². The number of fused-ring (bicyclic) bond motifs is 1. The quantitative estimate of drug-likeness (QED) is 0.353. The number of carbonyl (C=O) groups is 1. The number of aryl methyl sites for hydroxylation is 1. The van der Waals surface area contributed by atoms with Crippen LogP contribution in [0.5, 0.6) is 11.5 Å². The number of rotatable bonds is 8. The summed E-state index contributed by atoms with van der Waals surface area (Å²) in [5.74, 6) is 0.535. The van der Waals surface area contributed by atoms with Gasteiger partial charge in [-0.1, -0.05) is 6.07 Å². The number of aromatic amines is 1. The van der Waals surface area contributed by atoms with E-state index in [4.69, 9.17) is 14.2 Å². The van der Waals surface area contributed by atoms with Crippen LogP contribution in [0.3, 0.4) is 0 Å². The zero-order chi connectivity index (χ0) is 19.9. The zero-order valence-corrected chi connectivity index (χ0v) is 15.8. The molecule has 0 atom stereocenters. The van der Waals surface area contributed by atoms with Gasteiger partial charge in [0, 0.05) is 23.2 Å². The molecular formula is C22H22FNO4. The largest absolute Gasteiger partial charge is 0.493 e. The monoisotopic (exact) mass is 383 g/mol. The number of halogens is 1. The van der Waals surface area contributed by atoms with E-state index in [-0.39, 0.29) is 12.4 Å². The number of methoxy groups -OCH3 is 2. The molecule has 0 saturated carbocycles. The minimum absolute atomic E-state index is 0.264. The van der Waals surface area contributed by atoms with Gasteiger partial charge in [-0.2, -0.15) is 0 Å². The van der Waals surface area contributed by atoms with Crippen molar-refractivity contribution in [3.05, 3.63) is 65.6 Å². The number of carbonyl (C=O) groups excluding carboxylic acids is 1. The summed E-state index contributed by atoms with van der Waals surface area (Å²) in [5.41, 5.74) is 2.70. The van der Waals surface area contributed by atoms with Crippen LogP contribution in [0.15, 0.2) is 48.7 Å². The van der Waals surface area contributed by atoms with E-state index in [0.29, 0.717) is 24.3 Å². The first kappa shape index (κ1) is 19.5. The van der Waals surface area contributed by atoms with Crippen molar-refractivity contribution in [2.75, 3.05) is 20.8 Å². The van der Waals surface area contributed by atoms with Gasteiger partial charge in [0.1, 0.15) is 5.82 Å². The second-order valence-electron chi connectivity index (χ2n) is 6.22. The predicted molar refractivity (Wildman–Crippen MR) is 106 cm³/mol. The highest BCUT2D eigenvalue weighted by atomic mass is 19.1. The normalized spacial score (nSPS) is 11.1. The van der Waals surface area contributed by atoms with Gasteiger partial charge in [0.25, 0.3) is 0 Å². The highest BCUT2D eigenvalue weighted by Gasteiger charge is 2.06. The molecule has 1 aromatic heterocycles. The molecule has 0 aliphatic heterocycles. The average Bonchev–Trinajstić information content (AvgIpc) is 3.11. The van der Waals surface area contributed by atoms with Gasteiger partial charge in [-0.25, -0.2) is 9.18 Å². The van der Waals surface area contributed by atoms with Crippen molar-refractivity contribution in [1.82, 2.24) is 4.98 Å². The van der Waals surface area contributed by atoms with Gasteiger partial charge in [0.15, 0.2) is 11.5 Å². The summed E-state index contributed by atoms with van der Waals surface area (Å²) in [6.07, 6.45) is 6.24. The van der Waals surface area contributed by atoms with Crippen LogP contribution in [0.1, 0.15) is 17.5 Å². The number of hydrogen-bond donors (Lipinski definition) is 1. The van der Waals surface area contributed by atoms with Gasteiger partial charge in [-0.05, 0) is 60.4 Å². The van der Waals surface area contributed by atoms with Gasteiger partial charge >= 0.3 is 5.97 Å². The number of nitrogens with one attached hydrogen (secondary N) is 1. The third-order valence-electron chi connectivity index (χ3n) is 4.38. The van der Waals surface area contributed by atoms with Crippen LogP contribution in [-0.4, -0.2) is 31.8 Å². The smallest absolute Gasteiger partial charge is 0.330 e. The van der Waals surface area contributed by atoms with Crippen LogP contribution >= 0.6 is 0 Å². The highest BCUT2D eigenvalue weighted by Crippen LogP contribution is 2.28. The third kappa shape index (κ3) is 4.71. The second-order valence-corrected chi connectivity index (χ2v) is 6.22. The maximum atomic E-state index is 13.4. The summed E-state index contributed by atoms with van der Waals surface area (Å²) in [7, 11) is 3.12. The van der Waals surface area contributed by atoms with E-state index in [9.17, 15) is 9.18 Å². The number of ether oxygens (including phenoxy) is 3. The zero-order valence-electron chi connectivity index (χ0n) is 15.8. The second kappa shape index (κ2) is 9.08. The molecule has 1 heterocycles. The molecule has 146 valence electrons. The van der Waals surface area contributed by atoms with Crippen LogP contribution in [0.4, 0.5) is 4.39 Å². The van der Waals surface area contributed by atoms with E-state index >= 15 is 0 Å². The Bertz CT molecular complexity index is 993. The Hall–Kier alpha value is -3.28. The standard InChI is InChI=1S/C22H22FNO4/c1-26-20-9-5-15(12-21(20)27-2)6-10-22(25)28-11-3-4-16-14-24-19-8-7-17(23)13-18(16)19/h5-10,12-14,24H,3-4,11H2,1-2H3/b10-6+. The molecule has 0 bridgehead atoms. The summed E-state index contributed by atoms with van der Waals surface area (Å²) in [6, 6.07) is 10.0. The number of hydrogen-bond acceptors (Lipinski definition) is 4. The Kier molecular flexibility index (Phi) is 6.32. The van der Waals surface area contributed by atoms with Gasteiger partial charge < -0.3 is 19.2 Å². The van der Waals surface area contributed by atoms with Crippen LogP contribution in [0, 0.1) is 5.82 Å². The summed E-state index contributed by atoms with van der Waals surface area (Å²) in [4.78, 5) is 15.0. The first-order chi connectivity index (χ1) is 13.6. The fourth-order valence-electron chi connectivity index (χ4n) is 2.96. The molecule has 3 aromatic rings. The number of aromatic nitrogens is 1.